The van der Waals surface area contributed by atoms with Gasteiger partial charge >= 0.3 is 0 Å². The minimum absolute atomic E-state index is 0.187. The molecule has 2 aliphatic rings. The number of hydrogen-bond acceptors (Lipinski definition) is 5. The van der Waals surface area contributed by atoms with Crippen LogP contribution in [0.1, 0.15) is 31.6 Å². The van der Waals surface area contributed by atoms with Gasteiger partial charge < -0.3 is 14.3 Å². The summed E-state index contributed by atoms with van der Waals surface area (Å²) < 4.78 is 7.39. The molecule has 8 heteroatoms. The number of aromatic amines is 1. The highest BCUT2D eigenvalue weighted by Crippen LogP contribution is 2.34. The van der Waals surface area contributed by atoms with E-state index >= 15 is 0 Å². The maximum Gasteiger partial charge on any atom is 0.283 e. The molecule has 4 heterocycles. The van der Waals surface area contributed by atoms with Gasteiger partial charge in [0, 0.05) is 49.8 Å². The predicted molar refractivity (Wildman–Crippen MR) is 146 cm³/mol. The van der Waals surface area contributed by atoms with Crippen LogP contribution in [0.4, 0.5) is 0 Å². The van der Waals surface area contributed by atoms with Crippen LogP contribution >= 0.6 is 0 Å². The van der Waals surface area contributed by atoms with Crippen molar-refractivity contribution >= 4 is 28.0 Å². The third-order valence-corrected chi connectivity index (χ3v) is 7.94. The molecule has 8 nitrogen and oxygen atoms in total. The van der Waals surface area contributed by atoms with E-state index in [2.05, 4.69) is 46.4 Å². The van der Waals surface area contributed by atoms with Crippen molar-refractivity contribution in [2.24, 2.45) is 11.8 Å². The number of nitrogens with zero attached hydrogens (tertiary/aromatic N) is 4. The molecule has 1 saturated carbocycles. The Bertz CT molecular complexity index is 1720. The van der Waals surface area contributed by atoms with Crippen LogP contribution in [0.3, 0.4) is 0 Å². The lowest BCUT2D eigenvalue weighted by molar-refractivity contribution is -0.131. The van der Waals surface area contributed by atoms with Crippen LogP contribution in [0.2, 0.25) is 0 Å². The normalized spacial score (nSPS) is 17.6. The lowest BCUT2D eigenvalue weighted by Gasteiger charge is -2.17. The number of carbonyl (C=O) groups excluding carboxylic acids is 1. The Morgan fingerprint density at radius 3 is 2.63 bits per heavy atom. The number of benzene rings is 2. The van der Waals surface area contributed by atoms with Gasteiger partial charge in [0.05, 0.1) is 0 Å². The molecule has 2 aromatic carbocycles. The van der Waals surface area contributed by atoms with Gasteiger partial charge in [-0.25, -0.2) is 4.98 Å². The molecule has 2 fully saturated rings. The molecule has 3 aromatic heterocycles. The highest BCUT2D eigenvalue weighted by molar-refractivity contribution is 5.85. The van der Waals surface area contributed by atoms with Crippen molar-refractivity contribution in [2.75, 3.05) is 13.1 Å². The lowest BCUT2D eigenvalue weighted by Crippen LogP contribution is -2.30. The summed E-state index contributed by atoms with van der Waals surface area (Å²) in [6.45, 7) is 3.84. The summed E-state index contributed by atoms with van der Waals surface area (Å²) in [6.07, 6.45) is 5.78. The van der Waals surface area contributed by atoms with Crippen molar-refractivity contribution in [3.05, 3.63) is 71.0 Å². The largest absolute Gasteiger partial charge is 0.422 e. The van der Waals surface area contributed by atoms with E-state index in [0.717, 1.165) is 66.4 Å². The third kappa shape index (κ3) is 4.10. The van der Waals surface area contributed by atoms with Gasteiger partial charge in [0.15, 0.2) is 11.4 Å². The van der Waals surface area contributed by atoms with E-state index in [1.807, 2.05) is 23.2 Å². The number of fused-ring (bicyclic) bond motifs is 2. The quantitative estimate of drug-likeness (QED) is 0.343. The fraction of sp³-hybridized carbons (Fsp3) is 0.333. The summed E-state index contributed by atoms with van der Waals surface area (Å²) in [7, 11) is 0. The number of amides is 1. The maximum atomic E-state index is 13.5. The van der Waals surface area contributed by atoms with E-state index < -0.39 is 0 Å². The smallest absolute Gasteiger partial charge is 0.283 e. The molecular weight excluding hydrogens is 478 g/mol. The number of aryl methyl sites for hydroxylation is 1. The minimum atomic E-state index is -0.187. The van der Waals surface area contributed by atoms with Crippen LogP contribution in [0, 0.1) is 18.8 Å². The van der Waals surface area contributed by atoms with E-state index in [0.29, 0.717) is 30.1 Å². The number of likely N-dealkylation sites (tertiary alicyclic amines) is 1. The SMILES string of the molecule is Cc1nc2c(=O)n(CC[C@@H]3CCN(C(=O)C4CC4)C3)c(-c3ccc(-c4ccc5[nH]ccc5c4)cc3)nc2o1. The number of oxazole rings is 1. The first kappa shape index (κ1) is 23.0. The molecule has 0 radical (unpaired) electrons. The molecule has 7 rings (SSSR count). The monoisotopic (exact) mass is 507 g/mol. The van der Waals surface area contributed by atoms with E-state index in [-0.39, 0.29) is 22.7 Å². The summed E-state index contributed by atoms with van der Waals surface area (Å²) >= 11 is 0. The van der Waals surface area contributed by atoms with Gasteiger partial charge in [0.2, 0.25) is 5.91 Å². The third-order valence-electron chi connectivity index (χ3n) is 7.94. The molecule has 0 spiro atoms. The Kier molecular flexibility index (Phi) is 5.42. The molecule has 0 bridgehead atoms. The standard InChI is InChI=1S/C30H29N5O3/c1-18-32-26-28(38-18)33-27(21-4-2-20(3-5-21)23-8-9-25-24(16-23)10-13-31-25)35(30(26)37)15-12-19-11-14-34(17-19)29(36)22-6-7-22/h2-5,8-10,13,16,19,22,31H,6-7,11-12,14-15,17H2,1H3/t19-/m0/s1. The highest BCUT2D eigenvalue weighted by atomic mass is 16.4. The van der Waals surface area contributed by atoms with Crippen molar-refractivity contribution < 1.29 is 9.21 Å². The topological polar surface area (TPSA) is 97.0 Å². The first-order valence-corrected chi connectivity index (χ1v) is 13.4. The number of rotatable bonds is 6. The van der Waals surface area contributed by atoms with Gasteiger partial charge in [-0.1, -0.05) is 30.3 Å². The molecule has 1 amide bonds. The average molecular weight is 508 g/mol. The zero-order chi connectivity index (χ0) is 25.8. The number of aromatic nitrogens is 4. The molecule has 1 saturated heterocycles. The van der Waals surface area contributed by atoms with Crippen molar-refractivity contribution in [3.63, 3.8) is 0 Å². The Labute approximate surface area is 219 Å². The second kappa shape index (κ2) is 8.97. The van der Waals surface area contributed by atoms with Gasteiger partial charge in [0.1, 0.15) is 5.82 Å². The zero-order valence-electron chi connectivity index (χ0n) is 21.3. The molecule has 5 aromatic rings. The van der Waals surface area contributed by atoms with Crippen molar-refractivity contribution in [3.8, 4) is 22.5 Å². The molecule has 0 unspecified atom stereocenters. The number of H-pyrrole nitrogens is 1. The summed E-state index contributed by atoms with van der Waals surface area (Å²) in [6, 6.07) is 16.6. The van der Waals surface area contributed by atoms with Gasteiger partial charge in [-0.05, 0) is 66.3 Å². The Morgan fingerprint density at radius 2 is 1.82 bits per heavy atom. The van der Waals surface area contributed by atoms with Crippen molar-refractivity contribution in [1.29, 1.82) is 0 Å². The highest BCUT2D eigenvalue weighted by Gasteiger charge is 2.36. The second-order valence-corrected chi connectivity index (χ2v) is 10.6. The van der Waals surface area contributed by atoms with E-state index in [1.54, 1.807) is 11.5 Å². The van der Waals surface area contributed by atoms with Gasteiger partial charge in [0.25, 0.3) is 11.3 Å². The van der Waals surface area contributed by atoms with Crippen LogP contribution in [0.15, 0.2) is 63.9 Å². The average Bonchev–Trinajstić information content (AvgIpc) is 3.30. The van der Waals surface area contributed by atoms with Crippen LogP contribution in [0.5, 0.6) is 0 Å². The molecule has 1 aliphatic carbocycles. The second-order valence-electron chi connectivity index (χ2n) is 10.6. The Balaban J connectivity index is 1.19. The summed E-state index contributed by atoms with van der Waals surface area (Å²) in [5, 5.41) is 1.16. The van der Waals surface area contributed by atoms with Gasteiger partial charge in [-0.3, -0.25) is 14.2 Å². The summed E-state index contributed by atoms with van der Waals surface area (Å²) in [4.78, 5) is 40.3. The number of nitrogens with one attached hydrogen (secondary N) is 1. The predicted octanol–water partition coefficient (Wildman–Crippen LogP) is 5.16. The van der Waals surface area contributed by atoms with E-state index in [4.69, 9.17) is 9.40 Å². The van der Waals surface area contributed by atoms with Gasteiger partial charge in [-0.15, -0.1) is 0 Å². The molecular formula is C30H29N5O3. The van der Waals surface area contributed by atoms with Crippen LogP contribution in [0.25, 0.3) is 44.6 Å². The molecule has 1 N–H and O–H groups in total. The first-order chi connectivity index (χ1) is 18.5. The van der Waals surface area contributed by atoms with E-state index in [9.17, 15) is 9.59 Å². The first-order valence-electron chi connectivity index (χ1n) is 13.4. The summed E-state index contributed by atoms with van der Waals surface area (Å²) in [5.74, 6) is 1.93. The zero-order valence-corrected chi connectivity index (χ0v) is 21.3. The lowest BCUT2D eigenvalue weighted by atomic mass is 10.0. The number of carbonyl (C=O) groups is 1. The van der Waals surface area contributed by atoms with Crippen molar-refractivity contribution in [2.45, 2.75) is 39.2 Å². The molecule has 38 heavy (non-hydrogen) atoms. The van der Waals surface area contributed by atoms with Crippen LogP contribution in [-0.4, -0.2) is 43.4 Å². The fourth-order valence-electron chi connectivity index (χ4n) is 5.65. The van der Waals surface area contributed by atoms with Gasteiger partial charge in [-0.2, -0.15) is 4.98 Å². The van der Waals surface area contributed by atoms with Crippen LogP contribution < -0.4 is 5.56 Å². The summed E-state index contributed by atoms with van der Waals surface area (Å²) in [5.41, 5.74) is 4.52. The molecule has 1 atom stereocenters. The fourth-order valence-corrected chi connectivity index (χ4v) is 5.65. The van der Waals surface area contributed by atoms with Crippen LogP contribution in [-0.2, 0) is 11.3 Å². The van der Waals surface area contributed by atoms with E-state index in [1.165, 1.54) is 0 Å². The molecule has 192 valence electrons. The Morgan fingerprint density at radius 1 is 1.03 bits per heavy atom. The maximum absolute atomic E-state index is 13.5. The van der Waals surface area contributed by atoms with Crippen molar-refractivity contribution in [1.82, 2.24) is 24.4 Å². The number of hydrogen-bond donors (Lipinski definition) is 1. The molecule has 1 aliphatic heterocycles. The minimum Gasteiger partial charge on any atom is -0.422 e. The Hall–Kier alpha value is -4.20.